The smallest absolute Gasteiger partial charge is 0.341 e. The van der Waals surface area contributed by atoms with Crippen molar-refractivity contribution in [1.82, 2.24) is 4.57 Å². The van der Waals surface area contributed by atoms with Crippen LogP contribution in [0.4, 0.5) is 0 Å². The molecule has 4 rings (SSSR count). The van der Waals surface area contributed by atoms with Gasteiger partial charge in [-0.25, -0.2) is 14.6 Å². The molecule has 0 fully saturated rings. The number of hydrogen-bond acceptors (Lipinski definition) is 9. The summed E-state index contributed by atoms with van der Waals surface area (Å²) < 4.78 is 24.7. The summed E-state index contributed by atoms with van der Waals surface area (Å²) in [6, 6.07) is 9.71. The number of methoxy groups -OCH3 is 1. The molecule has 12 heteroatoms. The van der Waals surface area contributed by atoms with Gasteiger partial charge in [-0.3, -0.25) is 9.36 Å². The van der Waals surface area contributed by atoms with E-state index in [1.165, 1.54) is 23.0 Å². The van der Waals surface area contributed by atoms with E-state index in [4.69, 9.17) is 24.1 Å². The lowest BCUT2D eigenvalue weighted by Gasteiger charge is -2.25. The van der Waals surface area contributed by atoms with Gasteiger partial charge in [-0.1, -0.05) is 23.5 Å². The molecule has 2 heterocycles. The average Bonchev–Trinajstić information content (AvgIpc) is 3.21. The fraction of sp³-hybridized carbons (Fsp3) is 0.310. The number of ether oxygens (including phenoxy) is 4. The molecule has 216 valence electrons. The summed E-state index contributed by atoms with van der Waals surface area (Å²) in [7, 11) is 1.53. The Balaban J connectivity index is 1.86. The number of fused-ring (bicyclic) bond motifs is 1. The first kappa shape index (κ1) is 30.3. The van der Waals surface area contributed by atoms with Gasteiger partial charge in [0.15, 0.2) is 22.9 Å². The maximum atomic E-state index is 13.9. The lowest BCUT2D eigenvalue weighted by atomic mass is 9.95. The van der Waals surface area contributed by atoms with Gasteiger partial charge in [0.25, 0.3) is 5.56 Å². The van der Waals surface area contributed by atoms with Crippen LogP contribution in [0.15, 0.2) is 57.5 Å². The van der Waals surface area contributed by atoms with E-state index >= 15 is 0 Å². The molecule has 2 aromatic carbocycles. The zero-order valence-corrected chi connectivity index (χ0v) is 26.1. The van der Waals surface area contributed by atoms with E-state index in [-0.39, 0.29) is 23.8 Å². The van der Waals surface area contributed by atoms with Crippen LogP contribution in [0.1, 0.15) is 44.9 Å². The van der Waals surface area contributed by atoms with Gasteiger partial charge in [-0.05, 0) is 91.8 Å². The summed E-state index contributed by atoms with van der Waals surface area (Å²) in [4.78, 5) is 43.0. The topological polar surface area (TPSA) is 126 Å². The highest BCUT2D eigenvalue weighted by atomic mass is 127. The maximum Gasteiger partial charge on any atom is 0.341 e. The molecular weight excluding hydrogens is 663 g/mol. The first-order chi connectivity index (χ1) is 19.5. The van der Waals surface area contributed by atoms with Crippen molar-refractivity contribution in [2.75, 3.05) is 20.3 Å². The first-order valence-corrected chi connectivity index (χ1v) is 14.6. The fourth-order valence-corrected chi connectivity index (χ4v) is 6.07. The lowest BCUT2D eigenvalue weighted by molar-refractivity contribution is -0.140. The van der Waals surface area contributed by atoms with Crippen LogP contribution < -0.4 is 29.1 Å². The van der Waals surface area contributed by atoms with E-state index in [1.807, 2.05) is 13.8 Å². The highest BCUT2D eigenvalue weighted by Gasteiger charge is 2.34. The van der Waals surface area contributed by atoms with Gasteiger partial charge >= 0.3 is 11.9 Å². The first-order valence-electron chi connectivity index (χ1n) is 12.7. The molecular formula is C29H29IN2O8S. The molecule has 0 saturated carbocycles. The SMILES string of the molecule is CCOC(=O)C1=C(C)N=c2s/c(=C\c3ccc(OCC(=O)O)c(I)c3)c(=O)n2[C@@H]1c1ccc(OC(C)C)c(OC)c1. The van der Waals surface area contributed by atoms with Crippen molar-refractivity contribution in [3.8, 4) is 17.2 Å². The molecule has 0 amide bonds. The van der Waals surface area contributed by atoms with E-state index in [2.05, 4.69) is 27.6 Å². The number of carbonyl (C=O) groups is 2. The van der Waals surface area contributed by atoms with Crippen LogP contribution in [0, 0.1) is 3.57 Å². The fourth-order valence-electron chi connectivity index (χ4n) is 4.33. The highest BCUT2D eigenvalue weighted by molar-refractivity contribution is 14.1. The van der Waals surface area contributed by atoms with Gasteiger partial charge in [-0.15, -0.1) is 0 Å². The maximum absolute atomic E-state index is 13.9. The monoisotopic (exact) mass is 692 g/mol. The Morgan fingerprint density at radius 2 is 1.90 bits per heavy atom. The number of nitrogens with zero attached hydrogens (tertiary/aromatic N) is 2. The second-order valence-electron chi connectivity index (χ2n) is 9.25. The van der Waals surface area contributed by atoms with Crippen LogP contribution >= 0.6 is 33.9 Å². The van der Waals surface area contributed by atoms with Gasteiger partial charge in [-0.2, -0.15) is 0 Å². The van der Waals surface area contributed by atoms with Gasteiger partial charge in [0.05, 0.1) is 45.2 Å². The number of benzene rings is 2. The molecule has 0 saturated heterocycles. The van der Waals surface area contributed by atoms with E-state index in [1.54, 1.807) is 56.3 Å². The largest absolute Gasteiger partial charge is 0.493 e. The quantitative estimate of drug-likeness (QED) is 0.252. The van der Waals surface area contributed by atoms with Gasteiger partial charge in [0, 0.05) is 0 Å². The number of carbonyl (C=O) groups excluding carboxylic acids is 1. The summed E-state index contributed by atoms with van der Waals surface area (Å²) in [5, 5.41) is 8.88. The van der Waals surface area contributed by atoms with Crippen LogP contribution in [0.25, 0.3) is 6.08 Å². The molecule has 3 aromatic rings. The molecule has 0 spiro atoms. The predicted octanol–water partition coefficient (Wildman–Crippen LogP) is 3.66. The zero-order chi connectivity index (χ0) is 29.8. The third kappa shape index (κ3) is 6.64. The number of hydrogen-bond donors (Lipinski definition) is 1. The zero-order valence-electron chi connectivity index (χ0n) is 23.1. The van der Waals surface area contributed by atoms with Crippen LogP contribution in [-0.4, -0.2) is 48.0 Å². The summed E-state index contributed by atoms with van der Waals surface area (Å²) in [6.45, 7) is 6.98. The molecule has 1 aliphatic heterocycles. The highest BCUT2D eigenvalue weighted by Crippen LogP contribution is 2.36. The average molecular weight is 693 g/mol. The molecule has 0 bridgehead atoms. The molecule has 1 N–H and O–H groups in total. The number of carboxylic acid groups (broad SMARTS) is 1. The number of aliphatic carboxylic acids is 1. The van der Waals surface area contributed by atoms with Crippen molar-refractivity contribution in [2.24, 2.45) is 4.99 Å². The third-order valence-electron chi connectivity index (χ3n) is 5.99. The number of halogens is 1. The van der Waals surface area contributed by atoms with Crippen molar-refractivity contribution < 1.29 is 33.6 Å². The van der Waals surface area contributed by atoms with Crippen LogP contribution in [0.2, 0.25) is 0 Å². The molecule has 1 atom stereocenters. The predicted molar refractivity (Wildman–Crippen MR) is 161 cm³/mol. The van der Waals surface area contributed by atoms with Crippen molar-refractivity contribution in [3.63, 3.8) is 0 Å². The van der Waals surface area contributed by atoms with E-state index < -0.39 is 24.6 Å². The van der Waals surface area contributed by atoms with Gasteiger partial charge in [0.2, 0.25) is 0 Å². The lowest BCUT2D eigenvalue weighted by Crippen LogP contribution is -2.40. The summed E-state index contributed by atoms with van der Waals surface area (Å²) in [5.41, 5.74) is 1.75. The Labute approximate surface area is 253 Å². The summed E-state index contributed by atoms with van der Waals surface area (Å²) >= 11 is 3.26. The molecule has 1 aliphatic rings. The molecule has 0 aliphatic carbocycles. The van der Waals surface area contributed by atoms with Crippen LogP contribution in [0.3, 0.4) is 0 Å². The Hall–Kier alpha value is -3.65. The summed E-state index contributed by atoms with van der Waals surface area (Å²) in [6.07, 6.45) is 1.65. The van der Waals surface area contributed by atoms with E-state index in [9.17, 15) is 14.4 Å². The minimum absolute atomic E-state index is 0.0782. The molecule has 10 nitrogen and oxygen atoms in total. The number of rotatable bonds is 10. The van der Waals surface area contributed by atoms with Crippen molar-refractivity contribution in [3.05, 3.63) is 82.1 Å². The molecule has 41 heavy (non-hydrogen) atoms. The Bertz CT molecular complexity index is 1710. The van der Waals surface area contributed by atoms with Crippen molar-refractivity contribution in [1.29, 1.82) is 0 Å². The van der Waals surface area contributed by atoms with Crippen LogP contribution in [-0.2, 0) is 14.3 Å². The number of aromatic nitrogens is 1. The minimum Gasteiger partial charge on any atom is -0.493 e. The van der Waals surface area contributed by atoms with E-state index in [0.29, 0.717) is 41.4 Å². The Morgan fingerprint density at radius 1 is 1.17 bits per heavy atom. The molecule has 0 radical (unpaired) electrons. The molecule has 0 unspecified atom stereocenters. The number of thiazole rings is 1. The Kier molecular flexibility index (Phi) is 9.53. The second kappa shape index (κ2) is 12.9. The van der Waals surface area contributed by atoms with Gasteiger partial charge < -0.3 is 24.1 Å². The van der Waals surface area contributed by atoms with E-state index in [0.717, 1.165) is 5.56 Å². The number of allylic oxidation sites excluding steroid dienone is 1. The standard InChI is InChI=1S/C29H29IN2O8S/c1-6-38-28(36)25-16(4)31-29-32(26(25)18-8-10-21(40-15(2)3)22(13-18)37-5)27(35)23(41-29)12-17-7-9-20(19(30)11-17)39-14-24(33)34/h7-13,15,26H,6,14H2,1-5H3,(H,33,34)/b23-12-/t26-/m1/s1. The minimum atomic E-state index is -1.07. The number of esters is 1. The van der Waals surface area contributed by atoms with Crippen molar-refractivity contribution in [2.45, 2.75) is 39.8 Å². The van der Waals surface area contributed by atoms with Crippen LogP contribution in [0.5, 0.6) is 17.2 Å². The number of carboxylic acids is 1. The van der Waals surface area contributed by atoms with Gasteiger partial charge in [0.1, 0.15) is 5.75 Å². The summed E-state index contributed by atoms with van der Waals surface area (Å²) in [5.74, 6) is -0.183. The third-order valence-corrected chi connectivity index (χ3v) is 7.81. The molecule has 1 aromatic heterocycles. The second-order valence-corrected chi connectivity index (χ2v) is 11.4. The van der Waals surface area contributed by atoms with Crippen molar-refractivity contribution >= 4 is 51.9 Å². The normalized spacial score (nSPS) is 14.9. The Morgan fingerprint density at radius 3 is 2.54 bits per heavy atom.